The smallest absolute Gasteiger partial charge is 0.232 e. The Bertz CT molecular complexity index is 895. The molecule has 2 aromatic carbocycles. The highest BCUT2D eigenvalue weighted by Crippen LogP contribution is 2.48. The Morgan fingerprint density at radius 3 is 2.83 bits per heavy atom. The Morgan fingerprint density at radius 1 is 1.17 bits per heavy atom. The first-order valence-electron chi connectivity index (χ1n) is 7.60. The van der Waals surface area contributed by atoms with Crippen molar-refractivity contribution >= 4 is 29.0 Å². The number of nitrogens with zero attached hydrogens (tertiary/aromatic N) is 2. The lowest BCUT2D eigenvalue weighted by atomic mass is 10.2. The molecule has 0 unspecified atom stereocenters. The van der Waals surface area contributed by atoms with Crippen LogP contribution in [-0.4, -0.2) is 15.9 Å². The molecule has 1 aliphatic rings. The van der Waals surface area contributed by atoms with Gasteiger partial charge >= 0.3 is 0 Å². The lowest BCUT2D eigenvalue weighted by Gasteiger charge is -2.31. The molecule has 4 nitrogen and oxygen atoms in total. The molecule has 3 aromatic rings. The van der Waals surface area contributed by atoms with Crippen LogP contribution in [0.1, 0.15) is 12.2 Å². The predicted molar refractivity (Wildman–Crippen MR) is 91.0 cm³/mol. The molecule has 0 saturated heterocycles. The standard InChI is InChI=1S/C18H14FN3OS/c19-12-5-6-14-16(11-12)24-15-4-2-1-3-13(15)22(14)18(23)8-7-17-20-9-10-21-17/h1-6,9-11H,7-8H2,(H,20,21). The van der Waals surface area contributed by atoms with Crippen LogP contribution in [0, 0.1) is 5.82 Å². The number of carbonyl (C=O) groups excluding carboxylic acids is 1. The topological polar surface area (TPSA) is 49.0 Å². The molecule has 0 aliphatic carbocycles. The molecule has 0 fully saturated rings. The lowest BCUT2D eigenvalue weighted by Crippen LogP contribution is -2.28. The zero-order valence-electron chi connectivity index (χ0n) is 12.7. The minimum Gasteiger partial charge on any atom is -0.349 e. The second-order valence-corrected chi connectivity index (χ2v) is 6.53. The number of hydrogen-bond donors (Lipinski definition) is 1. The molecule has 4 rings (SSSR count). The van der Waals surface area contributed by atoms with Gasteiger partial charge in [0.15, 0.2) is 0 Å². The number of carbonyl (C=O) groups is 1. The maximum absolute atomic E-state index is 13.6. The number of aromatic amines is 1. The molecule has 1 amide bonds. The quantitative estimate of drug-likeness (QED) is 0.773. The summed E-state index contributed by atoms with van der Waals surface area (Å²) in [5.74, 6) is 0.443. The van der Waals surface area contributed by atoms with E-state index in [9.17, 15) is 9.18 Å². The van der Waals surface area contributed by atoms with Gasteiger partial charge < -0.3 is 4.98 Å². The Balaban J connectivity index is 1.69. The van der Waals surface area contributed by atoms with E-state index in [0.29, 0.717) is 12.8 Å². The van der Waals surface area contributed by atoms with E-state index in [0.717, 1.165) is 27.0 Å². The Hall–Kier alpha value is -2.60. The van der Waals surface area contributed by atoms with Crippen molar-refractivity contribution in [2.45, 2.75) is 22.6 Å². The fourth-order valence-electron chi connectivity index (χ4n) is 2.77. The third-order valence-corrected chi connectivity index (χ3v) is 4.98. The number of hydrogen-bond acceptors (Lipinski definition) is 3. The van der Waals surface area contributed by atoms with E-state index >= 15 is 0 Å². The van der Waals surface area contributed by atoms with Crippen LogP contribution in [0.5, 0.6) is 0 Å². The number of H-pyrrole nitrogens is 1. The number of halogens is 1. The number of anilines is 2. The van der Waals surface area contributed by atoms with Gasteiger partial charge in [0.1, 0.15) is 11.6 Å². The number of amides is 1. The number of aromatic nitrogens is 2. The summed E-state index contributed by atoms with van der Waals surface area (Å²) in [6.45, 7) is 0. The number of imidazole rings is 1. The normalized spacial score (nSPS) is 12.6. The first-order valence-corrected chi connectivity index (χ1v) is 8.41. The highest BCUT2D eigenvalue weighted by Gasteiger charge is 2.28. The van der Waals surface area contributed by atoms with Gasteiger partial charge in [0.05, 0.1) is 11.4 Å². The van der Waals surface area contributed by atoms with Crippen LogP contribution in [0.15, 0.2) is 64.6 Å². The molecular weight excluding hydrogens is 325 g/mol. The van der Waals surface area contributed by atoms with Crippen molar-refractivity contribution in [2.24, 2.45) is 0 Å². The van der Waals surface area contributed by atoms with Crippen molar-refractivity contribution in [3.8, 4) is 0 Å². The van der Waals surface area contributed by atoms with Gasteiger partial charge in [-0.15, -0.1) is 0 Å². The van der Waals surface area contributed by atoms with Crippen LogP contribution in [0.3, 0.4) is 0 Å². The third kappa shape index (κ3) is 2.69. The molecule has 0 atom stereocenters. The average molecular weight is 339 g/mol. The van der Waals surface area contributed by atoms with Gasteiger partial charge in [-0.3, -0.25) is 9.69 Å². The van der Waals surface area contributed by atoms with Crippen molar-refractivity contribution in [3.63, 3.8) is 0 Å². The van der Waals surface area contributed by atoms with Gasteiger partial charge in [-0.05, 0) is 30.3 Å². The molecule has 6 heteroatoms. The zero-order valence-corrected chi connectivity index (χ0v) is 13.5. The second-order valence-electron chi connectivity index (χ2n) is 5.45. The van der Waals surface area contributed by atoms with E-state index in [2.05, 4.69) is 9.97 Å². The first-order chi connectivity index (χ1) is 11.7. The van der Waals surface area contributed by atoms with Gasteiger partial charge in [-0.1, -0.05) is 23.9 Å². The van der Waals surface area contributed by atoms with Gasteiger partial charge in [0, 0.05) is 35.0 Å². The summed E-state index contributed by atoms with van der Waals surface area (Å²) in [5, 5.41) is 0. The van der Waals surface area contributed by atoms with E-state index in [1.54, 1.807) is 23.4 Å². The number of nitrogens with one attached hydrogen (secondary N) is 1. The molecule has 0 spiro atoms. The van der Waals surface area contributed by atoms with Crippen molar-refractivity contribution in [3.05, 3.63) is 66.5 Å². The summed E-state index contributed by atoms with van der Waals surface area (Å²) >= 11 is 1.48. The Morgan fingerprint density at radius 2 is 2.00 bits per heavy atom. The van der Waals surface area contributed by atoms with Crippen LogP contribution in [0.4, 0.5) is 15.8 Å². The van der Waals surface area contributed by atoms with Crippen molar-refractivity contribution in [1.82, 2.24) is 9.97 Å². The highest BCUT2D eigenvalue weighted by atomic mass is 32.2. The first kappa shape index (κ1) is 15.0. The van der Waals surface area contributed by atoms with E-state index < -0.39 is 0 Å². The van der Waals surface area contributed by atoms with Crippen molar-refractivity contribution in [1.29, 1.82) is 0 Å². The number of fused-ring (bicyclic) bond motifs is 2. The molecule has 24 heavy (non-hydrogen) atoms. The molecular formula is C18H14FN3OS. The van der Waals surface area contributed by atoms with E-state index in [1.807, 2.05) is 24.3 Å². The largest absolute Gasteiger partial charge is 0.349 e. The summed E-state index contributed by atoms with van der Waals surface area (Å²) in [5.41, 5.74) is 1.57. The maximum Gasteiger partial charge on any atom is 0.232 e. The summed E-state index contributed by atoms with van der Waals surface area (Å²) in [7, 11) is 0. The Kier molecular flexibility index (Phi) is 3.82. The molecule has 1 aromatic heterocycles. The minimum atomic E-state index is -0.302. The van der Waals surface area contributed by atoms with Gasteiger partial charge in [-0.2, -0.15) is 0 Å². The third-order valence-electron chi connectivity index (χ3n) is 3.87. The molecule has 1 aliphatic heterocycles. The van der Waals surface area contributed by atoms with E-state index in [4.69, 9.17) is 0 Å². The number of benzene rings is 2. The fraction of sp³-hybridized carbons (Fsp3) is 0.111. The minimum absolute atomic E-state index is 0.0352. The Labute approximate surface area is 142 Å². The SMILES string of the molecule is O=C(CCc1ncc[nH]1)N1c2ccccc2Sc2cc(F)ccc21. The van der Waals surface area contributed by atoms with E-state index in [1.165, 1.54) is 23.9 Å². The van der Waals surface area contributed by atoms with Crippen molar-refractivity contribution < 1.29 is 9.18 Å². The van der Waals surface area contributed by atoms with Crippen LogP contribution < -0.4 is 4.90 Å². The molecule has 0 saturated carbocycles. The fourth-order valence-corrected chi connectivity index (χ4v) is 3.85. The average Bonchev–Trinajstić information content (AvgIpc) is 3.11. The molecule has 120 valence electrons. The van der Waals surface area contributed by atoms with Gasteiger partial charge in [0.25, 0.3) is 0 Å². The van der Waals surface area contributed by atoms with Crippen LogP contribution in [-0.2, 0) is 11.2 Å². The number of rotatable bonds is 3. The summed E-state index contributed by atoms with van der Waals surface area (Å²) < 4.78 is 13.6. The monoisotopic (exact) mass is 339 g/mol. The highest BCUT2D eigenvalue weighted by molar-refractivity contribution is 7.99. The molecule has 1 N–H and O–H groups in total. The molecule has 2 heterocycles. The molecule has 0 radical (unpaired) electrons. The van der Waals surface area contributed by atoms with Gasteiger partial charge in [-0.25, -0.2) is 9.37 Å². The van der Waals surface area contributed by atoms with Crippen LogP contribution in [0.2, 0.25) is 0 Å². The summed E-state index contributed by atoms with van der Waals surface area (Å²) in [6, 6.07) is 12.2. The van der Waals surface area contributed by atoms with Crippen LogP contribution >= 0.6 is 11.8 Å². The summed E-state index contributed by atoms with van der Waals surface area (Å²) in [4.78, 5) is 23.4. The van der Waals surface area contributed by atoms with Gasteiger partial charge in [0.2, 0.25) is 5.91 Å². The van der Waals surface area contributed by atoms with Crippen LogP contribution in [0.25, 0.3) is 0 Å². The predicted octanol–water partition coefficient (Wildman–Crippen LogP) is 4.31. The number of para-hydroxylation sites is 1. The summed E-state index contributed by atoms with van der Waals surface area (Å²) in [6.07, 6.45) is 4.27. The zero-order chi connectivity index (χ0) is 16.5. The second kappa shape index (κ2) is 6.13. The molecule has 0 bridgehead atoms. The van der Waals surface area contributed by atoms with Crippen molar-refractivity contribution in [2.75, 3.05) is 4.90 Å². The van der Waals surface area contributed by atoms with E-state index in [-0.39, 0.29) is 11.7 Å². The lowest BCUT2D eigenvalue weighted by molar-refractivity contribution is -0.117. The number of aryl methyl sites for hydroxylation is 1. The maximum atomic E-state index is 13.6.